The molecule has 0 aliphatic carbocycles. The van der Waals surface area contributed by atoms with Gasteiger partial charge in [-0.3, -0.25) is 0 Å². The lowest BCUT2D eigenvalue weighted by Gasteiger charge is -2.07. The predicted octanol–water partition coefficient (Wildman–Crippen LogP) is 3.14. The highest BCUT2D eigenvalue weighted by molar-refractivity contribution is 7.98. The van der Waals surface area contributed by atoms with Gasteiger partial charge in [-0.2, -0.15) is 4.98 Å². The number of hydrogen-bond acceptors (Lipinski definition) is 6. The second-order valence-electron chi connectivity index (χ2n) is 5.57. The van der Waals surface area contributed by atoms with Crippen molar-refractivity contribution >= 4 is 28.5 Å². The molecule has 3 aromatic heterocycles. The summed E-state index contributed by atoms with van der Waals surface area (Å²) in [6.45, 7) is 4.05. The number of nitrogens with zero attached hydrogens (tertiary/aromatic N) is 4. The van der Waals surface area contributed by atoms with Gasteiger partial charge in [0.25, 0.3) is 5.78 Å². The molecule has 0 N–H and O–H groups in total. The van der Waals surface area contributed by atoms with Crippen molar-refractivity contribution in [1.82, 2.24) is 19.6 Å². The van der Waals surface area contributed by atoms with Gasteiger partial charge in [0, 0.05) is 29.6 Å². The zero-order valence-electron chi connectivity index (χ0n) is 13.2. The predicted molar refractivity (Wildman–Crippen MR) is 92.3 cm³/mol. The van der Waals surface area contributed by atoms with Gasteiger partial charge in [0.2, 0.25) is 5.16 Å². The summed E-state index contributed by atoms with van der Waals surface area (Å²) in [4.78, 5) is 20.3. The third kappa shape index (κ3) is 2.67. The molecule has 0 aliphatic rings. The van der Waals surface area contributed by atoms with Crippen LogP contribution in [0, 0.1) is 13.8 Å². The van der Waals surface area contributed by atoms with Gasteiger partial charge in [0.15, 0.2) is 0 Å². The maximum Gasteiger partial charge on any atom is 0.336 e. The molecular formula is C17H14N4O2S. The van der Waals surface area contributed by atoms with E-state index in [0.717, 1.165) is 22.1 Å². The molecule has 3 heterocycles. The number of aryl methyl sites for hydroxylation is 2. The lowest BCUT2D eigenvalue weighted by molar-refractivity contribution is 0.559. The van der Waals surface area contributed by atoms with Crippen LogP contribution in [-0.2, 0) is 5.75 Å². The molecule has 24 heavy (non-hydrogen) atoms. The highest BCUT2D eigenvalue weighted by Gasteiger charge is 2.10. The first-order valence-corrected chi connectivity index (χ1v) is 8.43. The molecule has 0 bridgehead atoms. The van der Waals surface area contributed by atoms with Gasteiger partial charge in [-0.25, -0.2) is 14.3 Å². The SMILES string of the molecule is Cc1cc2oc(=O)cc(CSc3nc4ncccn4n3)c2cc1C. The lowest BCUT2D eigenvalue weighted by atomic mass is 10.0. The minimum Gasteiger partial charge on any atom is -0.423 e. The molecule has 0 fully saturated rings. The van der Waals surface area contributed by atoms with Gasteiger partial charge in [0.1, 0.15) is 5.58 Å². The van der Waals surface area contributed by atoms with Crippen molar-refractivity contribution in [1.29, 1.82) is 0 Å². The van der Waals surface area contributed by atoms with E-state index in [2.05, 4.69) is 21.1 Å². The summed E-state index contributed by atoms with van der Waals surface area (Å²) in [6, 6.07) is 7.31. The first kappa shape index (κ1) is 14.9. The molecule has 6 nitrogen and oxygen atoms in total. The summed E-state index contributed by atoms with van der Waals surface area (Å²) >= 11 is 1.47. The Morgan fingerprint density at radius 3 is 2.88 bits per heavy atom. The Kier molecular flexibility index (Phi) is 3.57. The van der Waals surface area contributed by atoms with Crippen LogP contribution in [0.1, 0.15) is 16.7 Å². The largest absolute Gasteiger partial charge is 0.423 e. The van der Waals surface area contributed by atoms with Crippen LogP contribution in [0.25, 0.3) is 16.7 Å². The Hall–Kier alpha value is -2.67. The van der Waals surface area contributed by atoms with E-state index in [4.69, 9.17) is 4.42 Å². The lowest BCUT2D eigenvalue weighted by Crippen LogP contribution is -2.00. The van der Waals surface area contributed by atoms with Crippen molar-refractivity contribution in [3.05, 3.63) is 63.8 Å². The van der Waals surface area contributed by atoms with Gasteiger partial charge in [-0.05, 0) is 48.7 Å². The van der Waals surface area contributed by atoms with E-state index in [0.29, 0.717) is 22.3 Å². The van der Waals surface area contributed by atoms with E-state index in [1.165, 1.54) is 17.8 Å². The molecule has 0 saturated carbocycles. The van der Waals surface area contributed by atoms with Crippen molar-refractivity contribution in [3.8, 4) is 0 Å². The van der Waals surface area contributed by atoms with Gasteiger partial charge < -0.3 is 4.42 Å². The number of rotatable bonds is 3. The molecule has 4 rings (SSSR count). The molecule has 0 atom stereocenters. The highest BCUT2D eigenvalue weighted by Crippen LogP contribution is 2.26. The minimum absolute atomic E-state index is 0.342. The number of thioether (sulfide) groups is 1. The standard InChI is InChI=1S/C17H14N4O2S/c1-10-6-13-12(8-15(22)23-14(13)7-11(10)2)9-24-17-19-16-18-4-3-5-21(16)20-17/h3-8H,9H2,1-2H3. The van der Waals surface area contributed by atoms with Crippen LogP contribution in [-0.4, -0.2) is 19.6 Å². The first-order valence-electron chi connectivity index (χ1n) is 7.44. The monoisotopic (exact) mass is 338 g/mol. The molecule has 0 radical (unpaired) electrons. The molecular weight excluding hydrogens is 324 g/mol. The van der Waals surface area contributed by atoms with Crippen LogP contribution >= 0.6 is 11.8 Å². The Balaban J connectivity index is 1.71. The van der Waals surface area contributed by atoms with Crippen LogP contribution in [0.4, 0.5) is 0 Å². The fourth-order valence-corrected chi connectivity index (χ4v) is 3.33. The number of benzene rings is 1. The molecule has 0 unspecified atom stereocenters. The summed E-state index contributed by atoms with van der Waals surface area (Å²) < 4.78 is 6.96. The fourth-order valence-electron chi connectivity index (χ4n) is 2.52. The number of aromatic nitrogens is 4. The van der Waals surface area contributed by atoms with Gasteiger partial charge in [0.05, 0.1) is 0 Å². The normalized spacial score (nSPS) is 11.4. The Morgan fingerprint density at radius 1 is 1.21 bits per heavy atom. The molecule has 120 valence electrons. The van der Waals surface area contributed by atoms with Crippen LogP contribution in [0.15, 0.2) is 51.0 Å². The van der Waals surface area contributed by atoms with Crippen LogP contribution in [0.3, 0.4) is 0 Å². The molecule has 7 heteroatoms. The van der Waals surface area contributed by atoms with Crippen LogP contribution in [0.2, 0.25) is 0 Å². The topological polar surface area (TPSA) is 73.3 Å². The maximum absolute atomic E-state index is 11.8. The second-order valence-corrected chi connectivity index (χ2v) is 6.51. The summed E-state index contributed by atoms with van der Waals surface area (Å²) in [5.41, 5.74) is 3.46. The Morgan fingerprint density at radius 2 is 2.04 bits per heavy atom. The van der Waals surface area contributed by atoms with Gasteiger partial charge in [-0.1, -0.05) is 11.8 Å². The molecule has 0 aliphatic heterocycles. The van der Waals surface area contributed by atoms with Crippen molar-refractivity contribution < 1.29 is 4.42 Å². The molecule has 4 aromatic rings. The van der Waals surface area contributed by atoms with E-state index >= 15 is 0 Å². The summed E-state index contributed by atoms with van der Waals surface area (Å²) in [6.07, 6.45) is 3.48. The smallest absolute Gasteiger partial charge is 0.336 e. The van der Waals surface area contributed by atoms with E-state index in [-0.39, 0.29) is 5.63 Å². The van der Waals surface area contributed by atoms with Gasteiger partial charge in [-0.15, -0.1) is 5.10 Å². The summed E-state index contributed by atoms with van der Waals surface area (Å²) in [7, 11) is 0. The zero-order chi connectivity index (χ0) is 16.7. The average molecular weight is 338 g/mol. The highest BCUT2D eigenvalue weighted by atomic mass is 32.2. The van der Waals surface area contributed by atoms with Gasteiger partial charge >= 0.3 is 5.63 Å². The van der Waals surface area contributed by atoms with Crippen molar-refractivity contribution in [2.45, 2.75) is 24.8 Å². The quantitative estimate of drug-likeness (QED) is 0.422. The van der Waals surface area contributed by atoms with Crippen LogP contribution in [0.5, 0.6) is 0 Å². The van der Waals surface area contributed by atoms with E-state index in [1.54, 1.807) is 23.0 Å². The molecule has 1 aromatic carbocycles. The van der Waals surface area contributed by atoms with Crippen molar-refractivity contribution in [3.63, 3.8) is 0 Å². The molecule has 0 spiro atoms. The van der Waals surface area contributed by atoms with Crippen molar-refractivity contribution in [2.75, 3.05) is 0 Å². The number of hydrogen-bond donors (Lipinski definition) is 0. The zero-order valence-corrected chi connectivity index (χ0v) is 14.0. The van der Waals surface area contributed by atoms with E-state index in [9.17, 15) is 4.79 Å². The summed E-state index contributed by atoms with van der Waals surface area (Å²) in [5.74, 6) is 1.14. The first-order chi connectivity index (χ1) is 11.6. The van der Waals surface area contributed by atoms with Crippen LogP contribution < -0.4 is 5.63 Å². The maximum atomic E-state index is 11.8. The Bertz CT molecular complexity index is 1080. The number of fused-ring (bicyclic) bond motifs is 2. The molecule has 0 saturated heterocycles. The second kappa shape index (κ2) is 5.76. The average Bonchev–Trinajstić information content (AvgIpc) is 2.97. The summed E-state index contributed by atoms with van der Waals surface area (Å²) in [5, 5.41) is 5.94. The minimum atomic E-state index is -0.342. The van der Waals surface area contributed by atoms with Crippen molar-refractivity contribution in [2.24, 2.45) is 0 Å². The third-order valence-electron chi connectivity index (χ3n) is 3.90. The van der Waals surface area contributed by atoms with E-state index < -0.39 is 0 Å². The van der Waals surface area contributed by atoms with E-state index in [1.807, 2.05) is 19.9 Å². The Labute approximate surface area is 141 Å². The third-order valence-corrected chi connectivity index (χ3v) is 4.78. The fraction of sp³-hybridized carbons (Fsp3) is 0.176. The molecule has 0 amide bonds.